The van der Waals surface area contributed by atoms with Gasteiger partial charge in [-0.2, -0.15) is 0 Å². The molecule has 2 aromatic rings. The third kappa shape index (κ3) is 3.31. The third-order valence-corrected chi connectivity index (χ3v) is 3.84. The lowest BCUT2D eigenvalue weighted by Crippen LogP contribution is -2.21. The predicted octanol–water partition coefficient (Wildman–Crippen LogP) is 4.05. The van der Waals surface area contributed by atoms with Gasteiger partial charge in [0.25, 0.3) is 0 Å². The number of carbonyl (C=O) groups is 2. The van der Waals surface area contributed by atoms with Crippen molar-refractivity contribution in [3.05, 3.63) is 77.5 Å². The molecule has 0 N–H and O–H groups in total. The van der Waals surface area contributed by atoms with E-state index in [-0.39, 0.29) is 17.9 Å². The summed E-state index contributed by atoms with van der Waals surface area (Å²) < 4.78 is 5.16. The maximum absolute atomic E-state index is 11.9. The number of hydrogen-bond donors (Lipinski definition) is 0. The van der Waals surface area contributed by atoms with Crippen molar-refractivity contribution in [2.75, 3.05) is 6.61 Å². The number of Topliss-reactive ketones (excluding diaryl/α,β-unsaturated/α-hetero) is 1. The molecule has 3 rings (SSSR count). The van der Waals surface area contributed by atoms with Crippen LogP contribution < -0.4 is 0 Å². The van der Waals surface area contributed by atoms with Gasteiger partial charge >= 0.3 is 6.09 Å². The Balaban J connectivity index is 1.79. The fourth-order valence-electron chi connectivity index (χ4n) is 2.52. The van der Waals surface area contributed by atoms with Gasteiger partial charge in [0, 0.05) is 11.8 Å². The number of benzene rings is 2. The first-order valence-electron chi connectivity index (χ1n) is 7.44. The molecule has 4 nitrogen and oxygen atoms in total. The van der Waals surface area contributed by atoms with Crippen LogP contribution in [0.3, 0.4) is 0 Å². The maximum Gasteiger partial charge on any atom is 0.414 e. The van der Waals surface area contributed by atoms with Gasteiger partial charge < -0.3 is 4.74 Å². The lowest BCUT2D eigenvalue weighted by Gasteiger charge is -2.17. The highest BCUT2D eigenvalue weighted by Crippen LogP contribution is 2.28. The number of amides is 1. The van der Waals surface area contributed by atoms with Gasteiger partial charge in [-0.3, -0.25) is 9.69 Å². The van der Waals surface area contributed by atoms with Crippen molar-refractivity contribution in [2.45, 2.75) is 13.0 Å². The molecule has 1 saturated heterocycles. The van der Waals surface area contributed by atoms with Crippen LogP contribution >= 0.6 is 0 Å². The molecular formula is C19H17NO3. The molecule has 2 aromatic carbocycles. The van der Waals surface area contributed by atoms with Crippen molar-refractivity contribution < 1.29 is 14.3 Å². The van der Waals surface area contributed by atoms with Crippen LogP contribution in [0.1, 0.15) is 34.5 Å². The molecule has 0 aliphatic carbocycles. The van der Waals surface area contributed by atoms with Gasteiger partial charge in [-0.05, 0) is 24.1 Å². The second kappa shape index (κ2) is 6.48. The first kappa shape index (κ1) is 15.0. The molecule has 23 heavy (non-hydrogen) atoms. The van der Waals surface area contributed by atoms with Crippen LogP contribution in [0, 0.1) is 0 Å². The Kier molecular flexibility index (Phi) is 4.24. The van der Waals surface area contributed by atoms with Crippen LogP contribution in [0.5, 0.6) is 0 Å². The van der Waals surface area contributed by atoms with Gasteiger partial charge in [0.05, 0.1) is 6.04 Å². The van der Waals surface area contributed by atoms with E-state index in [1.165, 1.54) is 6.92 Å². The Morgan fingerprint density at radius 2 is 1.83 bits per heavy atom. The molecule has 1 heterocycles. The second-order valence-corrected chi connectivity index (χ2v) is 5.40. The normalized spacial score (nSPS) is 17.5. The highest BCUT2D eigenvalue weighted by Gasteiger charge is 2.32. The minimum atomic E-state index is -0.351. The molecule has 116 valence electrons. The summed E-state index contributed by atoms with van der Waals surface area (Å²) in [6.45, 7) is 1.88. The minimum Gasteiger partial charge on any atom is -0.447 e. The summed E-state index contributed by atoms with van der Waals surface area (Å²) in [6.07, 6.45) is 3.22. The molecule has 0 unspecified atom stereocenters. The summed E-state index contributed by atoms with van der Waals surface area (Å²) in [6, 6.07) is 16.9. The van der Waals surface area contributed by atoms with Gasteiger partial charge in [-0.15, -0.1) is 0 Å². The number of rotatable bonds is 4. The van der Waals surface area contributed by atoms with Gasteiger partial charge in [0.15, 0.2) is 5.78 Å². The van der Waals surface area contributed by atoms with E-state index >= 15 is 0 Å². The lowest BCUT2D eigenvalue weighted by atomic mass is 10.1. The molecular weight excluding hydrogens is 290 g/mol. The molecule has 0 radical (unpaired) electrons. The van der Waals surface area contributed by atoms with E-state index in [1.807, 2.05) is 48.5 Å². The minimum absolute atomic E-state index is 0.0350. The first-order chi connectivity index (χ1) is 11.1. The Morgan fingerprint density at radius 3 is 2.48 bits per heavy atom. The fraction of sp³-hybridized carbons (Fsp3) is 0.158. The van der Waals surface area contributed by atoms with Crippen LogP contribution in [0.2, 0.25) is 0 Å². The first-order valence-corrected chi connectivity index (χ1v) is 7.44. The Bertz CT molecular complexity index is 735. The van der Waals surface area contributed by atoms with Crippen LogP contribution in [-0.4, -0.2) is 23.4 Å². The molecule has 0 saturated carbocycles. The van der Waals surface area contributed by atoms with Crippen LogP contribution in [0.25, 0.3) is 6.08 Å². The van der Waals surface area contributed by atoms with Crippen molar-refractivity contribution in [1.82, 2.24) is 4.90 Å². The largest absolute Gasteiger partial charge is 0.447 e. The number of nitrogens with zero attached hydrogens (tertiary/aromatic N) is 1. The van der Waals surface area contributed by atoms with E-state index in [0.717, 1.165) is 11.1 Å². The molecule has 0 spiro atoms. The monoisotopic (exact) mass is 307 g/mol. The molecule has 0 bridgehead atoms. The van der Waals surface area contributed by atoms with Gasteiger partial charge in [-0.1, -0.05) is 54.6 Å². The maximum atomic E-state index is 11.9. The average molecular weight is 307 g/mol. The van der Waals surface area contributed by atoms with Crippen molar-refractivity contribution in [1.29, 1.82) is 0 Å². The van der Waals surface area contributed by atoms with Crippen LogP contribution in [-0.2, 0) is 4.74 Å². The molecule has 1 aliphatic heterocycles. The highest BCUT2D eigenvalue weighted by molar-refractivity contribution is 5.94. The summed E-state index contributed by atoms with van der Waals surface area (Å²) in [5.41, 5.74) is 2.63. The number of hydrogen-bond acceptors (Lipinski definition) is 3. The molecule has 4 heteroatoms. The fourth-order valence-corrected chi connectivity index (χ4v) is 2.52. The van der Waals surface area contributed by atoms with Crippen molar-refractivity contribution in [3.63, 3.8) is 0 Å². The highest BCUT2D eigenvalue weighted by atomic mass is 16.6. The summed E-state index contributed by atoms with van der Waals surface area (Å²) in [5.74, 6) is 0.0350. The van der Waals surface area contributed by atoms with Gasteiger partial charge in [0.1, 0.15) is 6.61 Å². The third-order valence-electron chi connectivity index (χ3n) is 3.84. The standard InChI is InChI=1S/C19H17NO3/c1-14(21)16-9-7-15(8-10-16)11-12-20-18(13-23-19(20)22)17-5-3-2-4-6-17/h2-12,18H,13H2,1H3/b12-11-/t18-/m1/s1. The van der Waals surface area contributed by atoms with Crippen molar-refractivity contribution in [2.24, 2.45) is 0 Å². The summed E-state index contributed by atoms with van der Waals surface area (Å²) >= 11 is 0. The molecule has 1 aliphatic rings. The Labute approximate surface area is 135 Å². The Hall–Kier alpha value is -2.88. The number of ether oxygens (including phenoxy) is 1. The number of carbonyl (C=O) groups excluding carboxylic acids is 2. The number of cyclic esters (lactones) is 1. The summed E-state index contributed by atoms with van der Waals surface area (Å²) in [5, 5.41) is 0. The number of ketones is 1. The van der Waals surface area contributed by atoms with Crippen LogP contribution in [0.15, 0.2) is 60.8 Å². The van der Waals surface area contributed by atoms with Crippen molar-refractivity contribution >= 4 is 18.0 Å². The topological polar surface area (TPSA) is 46.6 Å². The van der Waals surface area contributed by atoms with E-state index in [2.05, 4.69) is 0 Å². The SMILES string of the molecule is CC(=O)c1ccc(/C=C\N2C(=O)OC[C@@H]2c2ccccc2)cc1. The van der Waals surface area contributed by atoms with E-state index in [1.54, 1.807) is 23.2 Å². The molecule has 1 atom stereocenters. The zero-order valence-corrected chi connectivity index (χ0v) is 12.8. The molecule has 1 fully saturated rings. The van der Waals surface area contributed by atoms with Gasteiger partial charge in [0.2, 0.25) is 0 Å². The van der Waals surface area contributed by atoms with E-state index in [9.17, 15) is 9.59 Å². The summed E-state index contributed by atoms with van der Waals surface area (Å²) in [7, 11) is 0. The Morgan fingerprint density at radius 1 is 1.13 bits per heavy atom. The molecule has 0 aromatic heterocycles. The second-order valence-electron chi connectivity index (χ2n) is 5.40. The van der Waals surface area contributed by atoms with E-state index < -0.39 is 0 Å². The zero-order valence-electron chi connectivity index (χ0n) is 12.8. The smallest absolute Gasteiger partial charge is 0.414 e. The van der Waals surface area contributed by atoms with Crippen molar-refractivity contribution in [3.8, 4) is 0 Å². The van der Waals surface area contributed by atoms with E-state index in [4.69, 9.17) is 4.74 Å². The molecule has 1 amide bonds. The van der Waals surface area contributed by atoms with Crippen LogP contribution in [0.4, 0.5) is 4.79 Å². The summed E-state index contributed by atoms with van der Waals surface area (Å²) in [4.78, 5) is 24.8. The average Bonchev–Trinajstić information content (AvgIpc) is 2.95. The predicted molar refractivity (Wildman–Crippen MR) is 87.9 cm³/mol. The zero-order chi connectivity index (χ0) is 16.2. The van der Waals surface area contributed by atoms with Gasteiger partial charge in [-0.25, -0.2) is 4.79 Å². The van der Waals surface area contributed by atoms with E-state index in [0.29, 0.717) is 12.2 Å². The lowest BCUT2D eigenvalue weighted by molar-refractivity contribution is 0.101. The quantitative estimate of drug-likeness (QED) is 0.800.